The number of carbonyl (C=O) groups excluding carboxylic acids is 1. The molecule has 2 rings (SSSR count). The van der Waals surface area contributed by atoms with Crippen LogP contribution >= 0.6 is 0 Å². The summed E-state index contributed by atoms with van der Waals surface area (Å²) in [4.78, 5) is 15.7. The second kappa shape index (κ2) is 7.59. The van der Waals surface area contributed by atoms with Gasteiger partial charge in [0.1, 0.15) is 0 Å². The van der Waals surface area contributed by atoms with Gasteiger partial charge >= 0.3 is 0 Å². The molecule has 3 unspecified atom stereocenters. The maximum atomic E-state index is 11.7. The fourth-order valence-electron chi connectivity index (χ4n) is 3.62. The van der Waals surface area contributed by atoms with Crippen LogP contribution in [0.5, 0.6) is 0 Å². The third kappa shape index (κ3) is 4.96. The van der Waals surface area contributed by atoms with Gasteiger partial charge in [-0.15, -0.1) is 0 Å². The molecular formula is C17H33N3O. The normalized spacial score (nSPS) is 32.1. The molecule has 4 nitrogen and oxygen atoms in total. The molecule has 1 saturated carbocycles. The summed E-state index contributed by atoms with van der Waals surface area (Å²) in [6.45, 7) is 7.47. The minimum atomic E-state index is 0.219. The van der Waals surface area contributed by atoms with Gasteiger partial charge in [-0.3, -0.25) is 9.69 Å². The number of nitrogens with one attached hydrogen (secondary N) is 1. The molecule has 1 aliphatic carbocycles. The number of nitrogens with zero attached hydrogens (tertiary/aromatic N) is 2. The minimum Gasteiger partial charge on any atom is -0.348 e. The molecule has 4 heteroatoms. The fraction of sp³-hybridized carbons (Fsp3) is 0.941. The van der Waals surface area contributed by atoms with Gasteiger partial charge in [-0.1, -0.05) is 13.8 Å². The minimum absolute atomic E-state index is 0.219. The van der Waals surface area contributed by atoms with Crippen molar-refractivity contribution >= 4 is 5.91 Å². The number of hydrogen-bond acceptors (Lipinski definition) is 3. The Morgan fingerprint density at radius 1 is 1.05 bits per heavy atom. The number of piperidine rings is 1. The summed E-state index contributed by atoms with van der Waals surface area (Å²) in [7, 11) is 3.67. The molecule has 1 amide bonds. The summed E-state index contributed by atoms with van der Waals surface area (Å²) in [5.41, 5.74) is 0. The molecule has 3 atom stereocenters. The van der Waals surface area contributed by atoms with Gasteiger partial charge in [0.15, 0.2) is 0 Å². The average Bonchev–Trinajstić information content (AvgIpc) is 2.45. The topological polar surface area (TPSA) is 35.6 Å². The standard InChI is InChI=1S/C17H33N3O/c1-13-5-6-16(11-14(13)2)18-15-7-9-20(10-8-15)12-17(21)19(3)4/h13-16,18H,5-12H2,1-4H3. The van der Waals surface area contributed by atoms with E-state index in [9.17, 15) is 4.79 Å². The molecule has 2 aliphatic rings. The molecule has 0 radical (unpaired) electrons. The van der Waals surface area contributed by atoms with Crippen molar-refractivity contribution in [2.75, 3.05) is 33.7 Å². The van der Waals surface area contributed by atoms with Gasteiger partial charge < -0.3 is 10.2 Å². The van der Waals surface area contributed by atoms with Crippen LogP contribution in [0.25, 0.3) is 0 Å². The first-order chi connectivity index (χ1) is 9.95. The first kappa shape index (κ1) is 16.8. The van der Waals surface area contributed by atoms with Crippen LogP contribution in [-0.4, -0.2) is 61.5 Å². The second-order valence-corrected chi connectivity index (χ2v) is 7.47. The Morgan fingerprint density at radius 3 is 2.29 bits per heavy atom. The maximum Gasteiger partial charge on any atom is 0.236 e. The highest BCUT2D eigenvalue weighted by molar-refractivity contribution is 5.77. The van der Waals surface area contributed by atoms with Gasteiger partial charge in [0.2, 0.25) is 5.91 Å². The van der Waals surface area contributed by atoms with Crippen LogP contribution in [0, 0.1) is 11.8 Å². The third-order valence-corrected chi connectivity index (χ3v) is 5.51. The van der Waals surface area contributed by atoms with E-state index in [1.807, 2.05) is 14.1 Å². The summed E-state index contributed by atoms with van der Waals surface area (Å²) in [5, 5.41) is 3.88. The lowest BCUT2D eigenvalue weighted by atomic mass is 9.79. The monoisotopic (exact) mass is 295 g/mol. The van der Waals surface area contributed by atoms with Crippen LogP contribution in [0.2, 0.25) is 0 Å². The lowest BCUT2D eigenvalue weighted by Crippen LogP contribution is -2.49. The quantitative estimate of drug-likeness (QED) is 0.861. The van der Waals surface area contributed by atoms with Crippen LogP contribution < -0.4 is 5.32 Å². The van der Waals surface area contributed by atoms with E-state index in [0.717, 1.165) is 31.0 Å². The van der Waals surface area contributed by atoms with Gasteiger partial charge in [0.25, 0.3) is 0 Å². The molecule has 1 aliphatic heterocycles. The zero-order chi connectivity index (χ0) is 15.4. The summed E-state index contributed by atoms with van der Waals surface area (Å²) in [6, 6.07) is 1.37. The maximum absolute atomic E-state index is 11.7. The van der Waals surface area contributed by atoms with E-state index in [1.54, 1.807) is 4.90 Å². The van der Waals surface area contributed by atoms with E-state index in [-0.39, 0.29) is 5.91 Å². The molecule has 0 aromatic carbocycles. The van der Waals surface area contributed by atoms with Crippen LogP contribution in [0.1, 0.15) is 46.0 Å². The molecule has 0 spiro atoms. The van der Waals surface area contributed by atoms with Crippen molar-refractivity contribution in [2.45, 2.75) is 58.0 Å². The van der Waals surface area contributed by atoms with E-state index in [0.29, 0.717) is 12.6 Å². The smallest absolute Gasteiger partial charge is 0.236 e. The fourth-order valence-corrected chi connectivity index (χ4v) is 3.62. The highest BCUT2D eigenvalue weighted by atomic mass is 16.2. The predicted octanol–water partition coefficient (Wildman–Crippen LogP) is 1.95. The van der Waals surface area contributed by atoms with Crippen molar-refractivity contribution in [3.05, 3.63) is 0 Å². The van der Waals surface area contributed by atoms with Crippen molar-refractivity contribution in [1.82, 2.24) is 15.1 Å². The zero-order valence-corrected chi connectivity index (χ0v) is 14.3. The van der Waals surface area contributed by atoms with Gasteiger partial charge in [-0.05, 0) is 43.9 Å². The highest BCUT2D eigenvalue weighted by Gasteiger charge is 2.28. The first-order valence-electron chi connectivity index (χ1n) is 8.64. The molecular weight excluding hydrogens is 262 g/mol. The summed E-state index contributed by atoms with van der Waals surface area (Å²) < 4.78 is 0. The third-order valence-electron chi connectivity index (χ3n) is 5.51. The van der Waals surface area contributed by atoms with Crippen LogP contribution in [0.4, 0.5) is 0 Å². The van der Waals surface area contributed by atoms with E-state index < -0.39 is 0 Å². The van der Waals surface area contributed by atoms with Crippen molar-refractivity contribution in [3.63, 3.8) is 0 Å². The summed E-state index contributed by atoms with van der Waals surface area (Å²) >= 11 is 0. The molecule has 122 valence electrons. The largest absolute Gasteiger partial charge is 0.348 e. The van der Waals surface area contributed by atoms with Crippen LogP contribution in [-0.2, 0) is 4.79 Å². The number of amides is 1. The molecule has 21 heavy (non-hydrogen) atoms. The van der Waals surface area contributed by atoms with Gasteiger partial charge in [0, 0.05) is 39.3 Å². The van der Waals surface area contributed by atoms with E-state index in [1.165, 1.54) is 32.1 Å². The Morgan fingerprint density at radius 2 is 1.71 bits per heavy atom. The highest BCUT2D eigenvalue weighted by Crippen LogP contribution is 2.30. The van der Waals surface area contributed by atoms with Crippen molar-refractivity contribution in [1.29, 1.82) is 0 Å². The number of likely N-dealkylation sites (tertiary alicyclic amines) is 1. The Labute approximate surface area is 130 Å². The number of hydrogen-bond donors (Lipinski definition) is 1. The molecule has 1 saturated heterocycles. The SMILES string of the molecule is CC1CCC(NC2CCN(CC(=O)N(C)C)CC2)CC1C. The van der Waals surface area contributed by atoms with E-state index in [4.69, 9.17) is 0 Å². The molecule has 0 bridgehead atoms. The number of rotatable bonds is 4. The lowest BCUT2D eigenvalue weighted by molar-refractivity contribution is -0.130. The van der Waals surface area contributed by atoms with Gasteiger partial charge in [-0.2, -0.15) is 0 Å². The van der Waals surface area contributed by atoms with Crippen molar-refractivity contribution in [3.8, 4) is 0 Å². The van der Waals surface area contributed by atoms with Gasteiger partial charge in [0.05, 0.1) is 6.54 Å². The first-order valence-corrected chi connectivity index (χ1v) is 8.64. The van der Waals surface area contributed by atoms with Crippen LogP contribution in [0.15, 0.2) is 0 Å². The second-order valence-electron chi connectivity index (χ2n) is 7.47. The summed E-state index contributed by atoms with van der Waals surface area (Å²) in [5.74, 6) is 1.97. The molecule has 1 heterocycles. The molecule has 0 aromatic heterocycles. The lowest BCUT2D eigenvalue weighted by Gasteiger charge is -2.38. The van der Waals surface area contributed by atoms with Crippen molar-refractivity contribution < 1.29 is 4.79 Å². The van der Waals surface area contributed by atoms with E-state index >= 15 is 0 Å². The Kier molecular flexibility index (Phi) is 6.06. The Hall–Kier alpha value is -0.610. The number of carbonyl (C=O) groups is 1. The van der Waals surface area contributed by atoms with E-state index in [2.05, 4.69) is 24.1 Å². The molecule has 1 N–H and O–H groups in total. The molecule has 0 aromatic rings. The average molecular weight is 295 g/mol. The summed E-state index contributed by atoms with van der Waals surface area (Å²) in [6.07, 6.45) is 6.41. The van der Waals surface area contributed by atoms with Gasteiger partial charge in [-0.25, -0.2) is 0 Å². The van der Waals surface area contributed by atoms with Crippen LogP contribution in [0.3, 0.4) is 0 Å². The predicted molar refractivity (Wildman–Crippen MR) is 87.3 cm³/mol. The zero-order valence-electron chi connectivity index (χ0n) is 14.3. The Balaban J connectivity index is 1.68. The van der Waals surface area contributed by atoms with Crippen molar-refractivity contribution in [2.24, 2.45) is 11.8 Å². The number of likely N-dealkylation sites (N-methyl/N-ethyl adjacent to an activating group) is 1. The Bertz CT molecular complexity index is 337. The molecule has 2 fully saturated rings.